The molecule has 0 bridgehead atoms. The maximum atomic E-state index is 13.2. The third-order valence-electron chi connectivity index (χ3n) is 5.65. The molecule has 0 radical (unpaired) electrons. The van der Waals surface area contributed by atoms with Gasteiger partial charge in [0.05, 0.1) is 31.5 Å². The number of amides is 4. The SMILES string of the molecule is COc1ccc(N2C(=O)NC(=O)/C(=C/c3cc(Br)c(OCCOc4ccccc4OC)c(OC)c3)C2=O)cc1. The summed E-state index contributed by atoms with van der Waals surface area (Å²) in [5.41, 5.74) is 0.534. The van der Waals surface area contributed by atoms with Gasteiger partial charge in [-0.05, 0) is 76.1 Å². The number of anilines is 1. The first-order valence-corrected chi connectivity index (χ1v) is 12.5. The average molecular weight is 597 g/mol. The van der Waals surface area contributed by atoms with Gasteiger partial charge in [0, 0.05) is 0 Å². The number of nitrogens with zero attached hydrogens (tertiary/aromatic N) is 1. The van der Waals surface area contributed by atoms with Gasteiger partial charge in [-0.2, -0.15) is 0 Å². The van der Waals surface area contributed by atoms with Crippen molar-refractivity contribution >= 4 is 45.5 Å². The maximum Gasteiger partial charge on any atom is 0.335 e. The van der Waals surface area contributed by atoms with Gasteiger partial charge in [-0.25, -0.2) is 9.69 Å². The molecule has 202 valence electrons. The van der Waals surface area contributed by atoms with Crippen LogP contribution in [0.5, 0.6) is 28.7 Å². The van der Waals surface area contributed by atoms with E-state index in [2.05, 4.69) is 21.2 Å². The van der Waals surface area contributed by atoms with E-state index in [-0.39, 0.29) is 24.5 Å². The Morgan fingerprint density at radius 1 is 0.821 bits per heavy atom. The highest BCUT2D eigenvalue weighted by Gasteiger charge is 2.37. The molecule has 10 nitrogen and oxygen atoms in total. The van der Waals surface area contributed by atoms with Gasteiger partial charge in [0.2, 0.25) is 0 Å². The van der Waals surface area contributed by atoms with Crippen LogP contribution in [0.25, 0.3) is 6.08 Å². The van der Waals surface area contributed by atoms with Crippen molar-refractivity contribution in [2.75, 3.05) is 39.4 Å². The molecule has 1 fully saturated rings. The third kappa shape index (κ3) is 6.15. The number of para-hydroxylation sites is 2. The number of carbonyl (C=O) groups excluding carboxylic acids is 3. The number of imide groups is 2. The van der Waals surface area contributed by atoms with Gasteiger partial charge < -0.3 is 23.7 Å². The van der Waals surface area contributed by atoms with E-state index in [1.54, 1.807) is 55.6 Å². The first kappa shape index (κ1) is 27.5. The first-order valence-electron chi connectivity index (χ1n) is 11.7. The highest BCUT2D eigenvalue weighted by molar-refractivity contribution is 9.10. The number of hydrogen-bond donors (Lipinski definition) is 1. The van der Waals surface area contributed by atoms with Crippen LogP contribution in [0.2, 0.25) is 0 Å². The van der Waals surface area contributed by atoms with E-state index in [9.17, 15) is 14.4 Å². The Morgan fingerprint density at radius 3 is 2.15 bits per heavy atom. The average Bonchev–Trinajstić information content (AvgIpc) is 2.94. The van der Waals surface area contributed by atoms with Gasteiger partial charge in [0.1, 0.15) is 24.5 Å². The lowest BCUT2D eigenvalue weighted by atomic mass is 10.1. The topological polar surface area (TPSA) is 113 Å². The highest BCUT2D eigenvalue weighted by atomic mass is 79.9. The van der Waals surface area contributed by atoms with Crippen molar-refractivity contribution in [2.24, 2.45) is 0 Å². The summed E-state index contributed by atoms with van der Waals surface area (Å²) in [4.78, 5) is 39.1. The number of rotatable bonds is 10. The summed E-state index contributed by atoms with van der Waals surface area (Å²) in [5, 5.41) is 2.20. The van der Waals surface area contributed by atoms with E-state index in [0.29, 0.717) is 38.8 Å². The van der Waals surface area contributed by atoms with Crippen LogP contribution in [-0.2, 0) is 9.59 Å². The van der Waals surface area contributed by atoms with Gasteiger partial charge in [-0.1, -0.05) is 12.1 Å². The zero-order valence-corrected chi connectivity index (χ0v) is 22.9. The number of methoxy groups -OCH3 is 3. The van der Waals surface area contributed by atoms with Crippen LogP contribution in [0, 0.1) is 0 Å². The number of urea groups is 1. The number of barbiturate groups is 1. The summed E-state index contributed by atoms with van der Waals surface area (Å²) in [5.74, 6) is 0.965. The molecule has 0 unspecified atom stereocenters. The molecule has 0 aliphatic carbocycles. The molecule has 4 rings (SSSR count). The largest absolute Gasteiger partial charge is 0.497 e. The number of halogens is 1. The van der Waals surface area contributed by atoms with Gasteiger partial charge in [-0.3, -0.25) is 14.9 Å². The molecule has 0 spiro atoms. The molecule has 3 aromatic carbocycles. The molecule has 0 aromatic heterocycles. The van der Waals surface area contributed by atoms with E-state index in [4.69, 9.17) is 23.7 Å². The summed E-state index contributed by atoms with van der Waals surface area (Å²) in [6, 6.07) is 16.0. The fraction of sp³-hybridized carbons (Fsp3) is 0.179. The Labute approximate surface area is 233 Å². The molecule has 1 aliphatic rings. The monoisotopic (exact) mass is 596 g/mol. The van der Waals surface area contributed by atoms with Crippen molar-refractivity contribution in [1.29, 1.82) is 0 Å². The zero-order chi connectivity index (χ0) is 27.9. The predicted octanol–water partition coefficient (Wildman–Crippen LogP) is 4.60. The predicted molar refractivity (Wildman–Crippen MR) is 147 cm³/mol. The fourth-order valence-electron chi connectivity index (χ4n) is 3.79. The Kier molecular flexibility index (Phi) is 8.72. The Balaban J connectivity index is 1.52. The van der Waals surface area contributed by atoms with E-state index < -0.39 is 17.8 Å². The minimum Gasteiger partial charge on any atom is -0.497 e. The second-order valence-electron chi connectivity index (χ2n) is 8.04. The van der Waals surface area contributed by atoms with Crippen molar-refractivity contribution in [3.8, 4) is 28.7 Å². The molecule has 39 heavy (non-hydrogen) atoms. The Hall–Kier alpha value is -4.51. The number of benzene rings is 3. The smallest absolute Gasteiger partial charge is 0.335 e. The molecule has 1 heterocycles. The molecule has 0 atom stereocenters. The van der Waals surface area contributed by atoms with E-state index in [1.165, 1.54) is 20.3 Å². The second kappa shape index (κ2) is 12.4. The number of carbonyl (C=O) groups is 3. The van der Waals surface area contributed by atoms with Crippen LogP contribution in [0.4, 0.5) is 10.5 Å². The number of ether oxygens (including phenoxy) is 5. The summed E-state index contributed by atoms with van der Waals surface area (Å²) >= 11 is 3.47. The maximum absolute atomic E-state index is 13.2. The molecule has 11 heteroatoms. The highest BCUT2D eigenvalue weighted by Crippen LogP contribution is 2.37. The molecule has 1 saturated heterocycles. The molecule has 1 aliphatic heterocycles. The second-order valence-corrected chi connectivity index (χ2v) is 8.89. The van der Waals surface area contributed by atoms with Crippen LogP contribution >= 0.6 is 15.9 Å². The van der Waals surface area contributed by atoms with Crippen molar-refractivity contribution in [2.45, 2.75) is 0 Å². The summed E-state index contributed by atoms with van der Waals surface area (Å²) in [6.07, 6.45) is 1.38. The van der Waals surface area contributed by atoms with Crippen LogP contribution in [0.3, 0.4) is 0 Å². The first-order chi connectivity index (χ1) is 18.9. The van der Waals surface area contributed by atoms with Crippen LogP contribution in [0.15, 0.2) is 70.7 Å². The lowest BCUT2D eigenvalue weighted by molar-refractivity contribution is -0.122. The lowest BCUT2D eigenvalue weighted by Gasteiger charge is -2.26. The van der Waals surface area contributed by atoms with Crippen molar-refractivity contribution in [3.63, 3.8) is 0 Å². The molecule has 1 N–H and O–H groups in total. The van der Waals surface area contributed by atoms with E-state index in [1.807, 2.05) is 12.1 Å². The van der Waals surface area contributed by atoms with Gasteiger partial charge in [-0.15, -0.1) is 0 Å². The summed E-state index contributed by atoms with van der Waals surface area (Å²) in [6.45, 7) is 0.443. The van der Waals surface area contributed by atoms with Crippen LogP contribution in [-0.4, -0.2) is 52.4 Å². The normalized spacial score (nSPS) is 14.2. The minimum atomic E-state index is -0.842. The molecular formula is C28H25BrN2O8. The number of nitrogens with one attached hydrogen (secondary N) is 1. The van der Waals surface area contributed by atoms with Crippen molar-refractivity contribution in [3.05, 3.63) is 76.3 Å². The van der Waals surface area contributed by atoms with Crippen LogP contribution < -0.4 is 33.9 Å². The molecule has 3 aromatic rings. The fourth-order valence-corrected chi connectivity index (χ4v) is 4.36. The quantitative estimate of drug-likeness (QED) is 0.205. The summed E-state index contributed by atoms with van der Waals surface area (Å²) in [7, 11) is 4.54. The molecule has 0 saturated carbocycles. The van der Waals surface area contributed by atoms with Crippen molar-refractivity contribution < 1.29 is 38.1 Å². The molecule has 4 amide bonds. The third-order valence-corrected chi connectivity index (χ3v) is 6.24. The van der Waals surface area contributed by atoms with Crippen molar-refractivity contribution in [1.82, 2.24) is 5.32 Å². The standard InChI is InChI=1S/C28H25BrN2O8/c1-35-19-10-8-18(9-11-19)31-27(33)20(26(32)30-28(31)34)14-17-15-21(29)25(24(16-17)37-3)39-13-12-38-23-7-5-4-6-22(23)36-2/h4-11,14-16H,12-13H2,1-3H3,(H,30,32,34)/b20-14-. The molecular weight excluding hydrogens is 572 g/mol. The van der Waals surface area contributed by atoms with Gasteiger partial charge >= 0.3 is 6.03 Å². The number of hydrogen-bond acceptors (Lipinski definition) is 8. The van der Waals surface area contributed by atoms with Gasteiger partial charge in [0.25, 0.3) is 11.8 Å². The zero-order valence-electron chi connectivity index (χ0n) is 21.4. The Morgan fingerprint density at radius 2 is 1.49 bits per heavy atom. The Bertz CT molecular complexity index is 1420. The summed E-state index contributed by atoms with van der Waals surface area (Å²) < 4.78 is 28.0. The minimum absolute atomic E-state index is 0.202. The van der Waals surface area contributed by atoms with E-state index >= 15 is 0 Å². The van der Waals surface area contributed by atoms with Gasteiger partial charge in [0.15, 0.2) is 23.0 Å². The van der Waals surface area contributed by atoms with Crippen LogP contribution in [0.1, 0.15) is 5.56 Å². The lowest BCUT2D eigenvalue weighted by Crippen LogP contribution is -2.54. The van der Waals surface area contributed by atoms with E-state index in [0.717, 1.165) is 4.90 Å².